The van der Waals surface area contributed by atoms with E-state index < -0.39 is 0 Å². The summed E-state index contributed by atoms with van der Waals surface area (Å²) >= 11 is 0. The number of hydrogen-bond acceptors (Lipinski definition) is 3. The Morgan fingerprint density at radius 1 is 0.909 bits per heavy atom. The van der Waals surface area contributed by atoms with E-state index in [2.05, 4.69) is 10.2 Å². The van der Waals surface area contributed by atoms with Crippen LogP contribution in [0.2, 0.25) is 0 Å². The van der Waals surface area contributed by atoms with Crippen molar-refractivity contribution >= 4 is 18.3 Å². The molecule has 1 aliphatic carbocycles. The van der Waals surface area contributed by atoms with Gasteiger partial charge in [-0.05, 0) is 44.2 Å². The third-order valence-electron chi connectivity index (χ3n) is 5.94. The second-order valence-electron chi connectivity index (χ2n) is 7.28. The fraction of sp³-hybridized carbons (Fsp3) is 0.941. The number of rotatable bonds is 3. The van der Waals surface area contributed by atoms with E-state index in [0.717, 1.165) is 32.7 Å². The monoisotopic (exact) mass is 329 g/mol. The Kier molecular flexibility index (Phi) is 6.97. The van der Waals surface area contributed by atoms with Gasteiger partial charge in [-0.25, -0.2) is 0 Å². The van der Waals surface area contributed by atoms with E-state index >= 15 is 0 Å². The minimum Gasteiger partial charge on any atom is -0.340 e. The molecule has 0 aromatic rings. The van der Waals surface area contributed by atoms with Gasteiger partial charge in [-0.2, -0.15) is 0 Å². The summed E-state index contributed by atoms with van der Waals surface area (Å²) in [5.41, 5.74) is 0.678. The number of carbonyl (C=O) groups is 1. The molecule has 0 unspecified atom stereocenters. The number of carbonyl (C=O) groups excluding carboxylic acids is 1. The Bertz CT molecular complexity index is 342. The van der Waals surface area contributed by atoms with Gasteiger partial charge in [0.25, 0.3) is 0 Å². The van der Waals surface area contributed by atoms with Crippen molar-refractivity contribution in [1.29, 1.82) is 0 Å². The van der Waals surface area contributed by atoms with Crippen molar-refractivity contribution in [3.63, 3.8) is 0 Å². The number of nitrogens with zero attached hydrogens (tertiary/aromatic N) is 2. The van der Waals surface area contributed by atoms with E-state index in [1.165, 1.54) is 58.0 Å². The lowest BCUT2D eigenvalue weighted by molar-refractivity contribution is -0.132. The molecule has 1 spiro atoms. The van der Waals surface area contributed by atoms with Crippen LogP contribution in [-0.4, -0.2) is 61.5 Å². The fourth-order valence-corrected chi connectivity index (χ4v) is 4.38. The number of amides is 1. The maximum absolute atomic E-state index is 12.2. The number of piperidine rings is 1. The predicted molar refractivity (Wildman–Crippen MR) is 92.5 cm³/mol. The molecule has 0 radical (unpaired) electrons. The van der Waals surface area contributed by atoms with Crippen LogP contribution in [0.5, 0.6) is 0 Å². The Morgan fingerprint density at radius 2 is 1.55 bits per heavy atom. The van der Waals surface area contributed by atoms with Crippen LogP contribution in [0.1, 0.15) is 51.4 Å². The average molecular weight is 330 g/mol. The van der Waals surface area contributed by atoms with Crippen LogP contribution in [0.3, 0.4) is 0 Å². The standard InChI is InChI=1S/C17H31N3O.ClH/c21-16(20-14-9-18-10-15-20)4-11-19-12-7-17(8-13-19)5-2-1-3-6-17;/h18H,1-15H2;1H. The van der Waals surface area contributed by atoms with Crippen molar-refractivity contribution in [3.05, 3.63) is 0 Å². The lowest BCUT2D eigenvalue weighted by Crippen LogP contribution is -2.47. The molecule has 1 amide bonds. The molecule has 0 bridgehead atoms. The molecule has 0 aromatic carbocycles. The molecule has 3 aliphatic rings. The first kappa shape index (κ1) is 18.0. The van der Waals surface area contributed by atoms with Crippen molar-refractivity contribution in [2.45, 2.75) is 51.4 Å². The maximum atomic E-state index is 12.2. The van der Waals surface area contributed by atoms with Gasteiger partial charge in [0.2, 0.25) is 5.91 Å². The number of halogens is 1. The second-order valence-corrected chi connectivity index (χ2v) is 7.28. The van der Waals surface area contributed by atoms with E-state index in [4.69, 9.17) is 0 Å². The van der Waals surface area contributed by atoms with Gasteiger partial charge in [-0.1, -0.05) is 19.3 Å². The third-order valence-corrected chi connectivity index (χ3v) is 5.94. The highest BCUT2D eigenvalue weighted by molar-refractivity contribution is 5.85. The molecule has 4 nitrogen and oxygen atoms in total. The third kappa shape index (κ3) is 4.59. The van der Waals surface area contributed by atoms with Crippen molar-refractivity contribution < 1.29 is 4.79 Å². The summed E-state index contributed by atoms with van der Waals surface area (Å²) in [7, 11) is 0. The number of nitrogens with one attached hydrogen (secondary N) is 1. The van der Waals surface area contributed by atoms with Gasteiger partial charge in [0.05, 0.1) is 0 Å². The first-order chi connectivity index (χ1) is 10.3. The van der Waals surface area contributed by atoms with Crippen LogP contribution in [0.15, 0.2) is 0 Å². The van der Waals surface area contributed by atoms with Gasteiger partial charge < -0.3 is 15.1 Å². The van der Waals surface area contributed by atoms with Gasteiger partial charge in [-0.15, -0.1) is 12.4 Å². The van der Waals surface area contributed by atoms with Crippen LogP contribution in [0, 0.1) is 5.41 Å². The predicted octanol–water partition coefficient (Wildman–Crippen LogP) is 2.28. The van der Waals surface area contributed by atoms with Gasteiger partial charge in [0.15, 0.2) is 0 Å². The zero-order chi connectivity index (χ0) is 14.5. The highest BCUT2D eigenvalue weighted by Crippen LogP contribution is 2.44. The van der Waals surface area contributed by atoms with E-state index in [1.807, 2.05) is 4.90 Å². The zero-order valence-electron chi connectivity index (χ0n) is 13.8. The van der Waals surface area contributed by atoms with Crippen molar-refractivity contribution in [2.24, 2.45) is 5.41 Å². The molecule has 22 heavy (non-hydrogen) atoms. The molecule has 128 valence electrons. The molecule has 2 heterocycles. The normalized spacial score (nSPS) is 25.7. The van der Waals surface area contributed by atoms with Crippen LogP contribution in [0.4, 0.5) is 0 Å². The van der Waals surface area contributed by atoms with E-state index in [9.17, 15) is 4.79 Å². The summed E-state index contributed by atoms with van der Waals surface area (Å²) in [5, 5.41) is 3.30. The largest absolute Gasteiger partial charge is 0.340 e. The summed E-state index contributed by atoms with van der Waals surface area (Å²) in [6.07, 6.45) is 10.7. The Labute approximate surface area is 141 Å². The molecule has 2 saturated heterocycles. The summed E-state index contributed by atoms with van der Waals surface area (Å²) in [6.45, 7) is 7.10. The van der Waals surface area contributed by atoms with Crippen LogP contribution in [-0.2, 0) is 4.79 Å². The number of likely N-dealkylation sites (tertiary alicyclic amines) is 1. The van der Waals surface area contributed by atoms with Gasteiger partial charge >= 0.3 is 0 Å². The lowest BCUT2D eigenvalue weighted by Gasteiger charge is -2.44. The molecular formula is C17H32ClN3O. The molecule has 0 aromatic heterocycles. The Morgan fingerprint density at radius 3 is 2.18 bits per heavy atom. The Hall–Kier alpha value is -0.320. The molecule has 5 heteroatoms. The van der Waals surface area contributed by atoms with Crippen LogP contribution in [0.25, 0.3) is 0 Å². The second kappa shape index (κ2) is 8.51. The first-order valence-electron chi connectivity index (χ1n) is 8.98. The maximum Gasteiger partial charge on any atom is 0.223 e. The topological polar surface area (TPSA) is 35.6 Å². The van der Waals surface area contributed by atoms with Gasteiger partial charge in [0.1, 0.15) is 0 Å². The molecule has 1 saturated carbocycles. The Balaban J connectivity index is 0.00000176. The molecular weight excluding hydrogens is 298 g/mol. The van der Waals surface area contributed by atoms with Crippen LogP contribution >= 0.6 is 12.4 Å². The minimum absolute atomic E-state index is 0. The number of piperazine rings is 1. The van der Waals surface area contributed by atoms with E-state index in [0.29, 0.717) is 17.7 Å². The highest BCUT2D eigenvalue weighted by atomic mass is 35.5. The van der Waals surface area contributed by atoms with E-state index in [-0.39, 0.29) is 12.4 Å². The average Bonchev–Trinajstić information content (AvgIpc) is 2.56. The molecule has 1 N–H and O–H groups in total. The molecule has 3 fully saturated rings. The van der Waals surface area contributed by atoms with Gasteiger partial charge in [-0.3, -0.25) is 4.79 Å². The van der Waals surface area contributed by atoms with Gasteiger partial charge in [0, 0.05) is 39.1 Å². The minimum atomic E-state index is 0. The van der Waals surface area contributed by atoms with E-state index in [1.54, 1.807) is 0 Å². The highest BCUT2D eigenvalue weighted by Gasteiger charge is 2.35. The number of hydrogen-bond donors (Lipinski definition) is 1. The fourth-order valence-electron chi connectivity index (χ4n) is 4.38. The first-order valence-corrected chi connectivity index (χ1v) is 8.98. The SMILES string of the molecule is Cl.O=C(CCN1CCC2(CCCCC2)CC1)N1CCNCC1. The van der Waals surface area contributed by atoms with Crippen molar-refractivity contribution in [1.82, 2.24) is 15.1 Å². The smallest absolute Gasteiger partial charge is 0.223 e. The van der Waals surface area contributed by atoms with Crippen molar-refractivity contribution in [3.8, 4) is 0 Å². The molecule has 2 aliphatic heterocycles. The molecule has 0 atom stereocenters. The van der Waals surface area contributed by atoms with Crippen LogP contribution < -0.4 is 5.32 Å². The summed E-state index contributed by atoms with van der Waals surface area (Å²) in [4.78, 5) is 16.8. The zero-order valence-corrected chi connectivity index (χ0v) is 14.6. The molecule has 3 rings (SSSR count). The summed E-state index contributed by atoms with van der Waals surface area (Å²) in [5.74, 6) is 0.356. The van der Waals surface area contributed by atoms with Crippen molar-refractivity contribution in [2.75, 3.05) is 45.8 Å². The lowest BCUT2D eigenvalue weighted by atomic mass is 9.68. The quantitative estimate of drug-likeness (QED) is 0.863. The summed E-state index contributed by atoms with van der Waals surface area (Å²) in [6, 6.07) is 0. The summed E-state index contributed by atoms with van der Waals surface area (Å²) < 4.78 is 0.